The van der Waals surface area contributed by atoms with Gasteiger partial charge >= 0.3 is 0 Å². The van der Waals surface area contributed by atoms with Crippen LogP contribution >= 0.6 is 11.8 Å². The highest BCUT2D eigenvalue weighted by atomic mass is 32.2. The van der Waals surface area contributed by atoms with Crippen molar-refractivity contribution in [2.45, 2.75) is 11.7 Å². The molecule has 0 unspecified atom stereocenters. The molecule has 0 saturated carbocycles. The van der Waals surface area contributed by atoms with E-state index in [4.69, 9.17) is 4.42 Å². The maximum atomic E-state index is 12.2. The standard InChI is InChI=1S/C17H15N5O4S/c1-2-9-21-16(14-8-5-10-26-14)19-20-17(21)27-11-15(23)18-12-6-3-4-7-13(12)22(24)25/h2-8,10H,1,9,11H2,(H,18,23). The van der Waals surface area contributed by atoms with Crippen LogP contribution in [0.25, 0.3) is 11.6 Å². The van der Waals surface area contributed by atoms with E-state index in [0.29, 0.717) is 23.3 Å². The van der Waals surface area contributed by atoms with Crippen molar-refractivity contribution in [1.29, 1.82) is 0 Å². The first kappa shape index (κ1) is 18.4. The normalized spacial score (nSPS) is 10.5. The highest BCUT2D eigenvalue weighted by Crippen LogP contribution is 2.26. The Hall–Kier alpha value is -3.40. The van der Waals surface area contributed by atoms with Gasteiger partial charge in [0.25, 0.3) is 5.69 Å². The zero-order valence-electron chi connectivity index (χ0n) is 14.1. The molecule has 10 heteroatoms. The molecule has 1 aromatic carbocycles. The molecule has 2 aromatic heterocycles. The van der Waals surface area contributed by atoms with E-state index in [0.717, 1.165) is 11.8 Å². The number of amides is 1. The summed E-state index contributed by atoms with van der Waals surface area (Å²) in [5, 5.41) is 22.3. The maximum Gasteiger partial charge on any atom is 0.292 e. The highest BCUT2D eigenvalue weighted by Gasteiger charge is 2.18. The van der Waals surface area contributed by atoms with E-state index in [2.05, 4.69) is 22.1 Å². The Balaban J connectivity index is 1.71. The van der Waals surface area contributed by atoms with Crippen LogP contribution in [0.4, 0.5) is 11.4 Å². The summed E-state index contributed by atoms with van der Waals surface area (Å²) in [6, 6.07) is 9.48. The van der Waals surface area contributed by atoms with Crippen LogP contribution in [0.3, 0.4) is 0 Å². The van der Waals surface area contributed by atoms with Gasteiger partial charge in [0.15, 0.2) is 10.9 Å². The Labute approximate surface area is 158 Å². The number of thioether (sulfide) groups is 1. The fourth-order valence-electron chi connectivity index (χ4n) is 2.33. The van der Waals surface area contributed by atoms with Crippen LogP contribution in [0.15, 0.2) is 64.9 Å². The van der Waals surface area contributed by atoms with E-state index in [-0.39, 0.29) is 23.0 Å². The molecule has 0 radical (unpaired) electrons. The monoisotopic (exact) mass is 385 g/mol. The van der Waals surface area contributed by atoms with Gasteiger partial charge in [-0.05, 0) is 18.2 Å². The summed E-state index contributed by atoms with van der Waals surface area (Å²) in [6.45, 7) is 4.16. The molecule has 0 aliphatic rings. The molecule has 3 aromatic rings. The number of nitro groups is 1. The van der Waals surface area contributed by atoms with E-state index in [1.807, 2.05) is 0 Å². The third-order valence-electron chi connectivity index (χ3n) is 3.48. The number of hydrogen-bond acceptors (Lipinski definition) is 7. The Bertz CT molecular complexity index is 968. The van der Waals surface area contributed by atoms with Gasteiger partial charge in [-0.15, -0.1) is 16.8 Å². The van der Waals surface area contributed by atoms with Crippen LogP contribution in [-0.2, 0) is 11.3 Å². The molecule has 138 valence electrons. The van der Waals surface area contributed by atoms with E-state index in [9.17, 15) is 14.9 Å². The first-order chi connectivity index (χ1) is 13.1. The van der Waals surface area contributed by atoms with Crippen molar-refractivity contribution in [3.05, 3.63) is 65.4 Å². The van der Waals surface area contributed by atoms with Crippen molar-refractivity contribution < 1.29 is 14.1 Å². The fraction of sp³-hybridized carbons (Fsp3) is 0.118. The van der Waals surface area contributed by atoms with Crippen LogP contribution < -0.4 is 5.32 Å². The Kier molecular flexibility index (Phi) is 5.67. The molecule has 1 amide bonds. The second kappa shape index (κ2) is 8.32. The van der Waals surface area contributed by atoms with Gasteiger partial charge in [0.1, 0.15) is 5.69 Å². The number of benzene rings is 1. The number of carbonyl (C=O) groups is 1. The second-order valence-electron chi connectivity index (χ2n) is 5.29. The predicted octanol–water partition coefficient (Wildman–Crippen LogP) is 3.36. The van der Waals surface area contributed by atoms with Crippen LogP contribution in [0.2, 0.25) is 0 Å². The van der Waals surface area contributed by atoms with Gasteiger partial charge in [0.05, 0.1) is 16.9 Å². The van der Waals surface area contributed by atoms with Crippen LogP contribution in [0.5, 0.6) is 0 Å². The molecule has 0 aliphatic heterocycles. The predicted molar refractivity (Wildman–Crippen MR) is 100 cm³/mol. The number of nitrogens with zero attached hydrogens (tertiary/aromatic N) is 4. The summed E-state index contributed by atoms with van der Waals surface area (Å²) < 4.78 is 7.12. The summed E-state index contributed by atoms with van der Waals surface area (Å²) in [5.74, 6) is 0.712. The molecule has 0 spiro atoms. The zero-order chi connectivity index (χ0) is 19.2. The number of para-hydroxylation sites is 2. The summed E-state index contributed by atoms with van der Waals surface area (Å²) in [4.78, 5) is 22.7. The van der Waals surface area contributed by atoms with Gasteiger partial charge in [-0.25, -0.2) is 0 Å². The molecule has 0 bridgehead atoms. The van der Waals surface area contributed by atoms with Gasteiger partial charge < -0.3 is 9.73 Å². The largest absolute Gasteiger partial charge is 0.461 e. The minimum absolute atomic E-state index is 0.0134. The molecule has 0 aliphatic carbocycles. The number of allylic oxidation sites excluding steroid dienone is 1. The van der Waals surface area contributed by atoms with Crippen molar-refractivity contribution in [2.75, 3.05) is 11.1 Å². The van der Waals surface area contributed by atoms with Crippen molar-refractivity contribution in [3.8, 4) is 11.6 Å². The molecule has 1 N–H and O–H groups in total. The summed E-state index contributed by atoms with van der Waals surface area (Å²) in [7, 11) is 0. The minimum Gasteiger partial charge on any atom is -0.461 e. The Morgan fingerprint density at radius 3 is 2.85 bits per heavy atom. The number of aromatic nitrogens is 3. The third kappa shape index (κ3) is 4.23. The first-order valence-corrected chi connectivity index (χ1v) is 8.82. The SMILES string of the molecule is C=CCn1c(SCC(=O)Nc2ccccc2[N+](=O)[O-])nnc1-c1ccco1. The lowest BCUT2D eigenvalue weighted by Gasteiger charge is -2.07. The lowest BCUT2D eigenvalue weighted by atomic mass is 10.2. The van der Waals surface area contributed by atoms with Crippen LogP contribution in [0.1, 0.15) is 0 Å². The van der Waals surface area contributed by atoms with Crippen molar-refractivity contribution in [1.82, 2.24) is 14.8 Å². The van der Waals surface area contributed by atoms with Crippen molar-refractivity contribution >= 4 is 29.0 Å². The molecule has 0 fully saturated rings. The quantitative estimate of drug-likeness (QED) is 0.273. The Morgan fingerprint density at radius 2 is 2.15 bits per heavy atom. The molecular formula is C17H15N5O4S. The van der Waals surface area contributed by atoms with E-state index < -0.39 is 4.92 Å². The average molecular weight is 385 g/mol. The van der Waals surface area contributed by atoms with E-state index in [1.54, 1.807) is 28.8 Å². The van der Waals surface area contributed by atoms with Gasteiger partial charge in [-0.3, -0.25) is 19.5 Å². The van der Waals surface area contributed by atoms with Crippen LogP contribution in [-0.4, -0.2) is 31.3 Å². The lowest BCUT2D eigenvalue weighted by Crippen LogP contribution is -2.15. The van der Waals surface area contributed by atoms with Gasteiger partial charge in [0.2, 0.25) is 11.7 Å². The average Bonchev–Trinajstić information content (AvgIpc) is 3.30. The van der Waals surface area contributed by atoms with E-state index >= 15 is 0 Å². The highest BCUT2D eigenvalue weighted by molar-refractivity contribution is 7.99. The topological polar surface area (TPSA) is 116 Å². The number of furan rings is 1. The lowest BCUT2D eigenvalue weighted by molar-refractivity contribution is -0.383. The Morgan fingerprint density at radius 1 is 1.33 bits per heavy atom. The molecule has 2 heterocycles. The zero-order valence-corrected chi connectivity index (χ0v) is 14.9. The number of nitro benzene ring substituents is 1. The molecule has 0 atom stereocenters. The first-order valence-electron chi connectivity index (χ1n) is 7.84. The molecule has 0 saturated heterocycles. The number of anilines is 1. The number of carbonyl (C=O) groups excluding carboxylic acids is 1. The smallest absolute Gasteiger partial charge is 0.292 e. The van der Waals surface area contributed by atoms with Gasteiger partial charge in [0, 0.05) is 12.6 Å². The van der Waals surface area contributed by atoms with Crippen LogP contribution in [0, 0.1) is 10.1 Å². The molecule has 9 nitrogen and oxygen atoms in total. The molecule has 27 heavy (non-hydrogen) atoms. The summed E-state index contributed by atoms with van der Waals surface area (Å²) in [6.07, 6.45) is 3.22. The van der Waals surface area contributed by atoms with Gasteiger partial charge in [-0.2, -0.15) is 0 Å². The second-order valence-corrected chi connectivity index (χ2v) is 6.24. The maximum absolute atomic E-state index is 12.2. The van der Waals surface area contributed by atoms with Gasteiger partial charge in [-0.1, -0.05) is 30.0 Å². The number of nitrogens with one attached hydrogen (secondary N) is 1. The number of hydrogen-bond donors (Lipinski definition) is 1. The minimum atomic E-state index is -0.543. The number of rotatable bonds is 8. The summed E-state index contributed by atoms with van der Waals surface area (Å²) >= 11 is 1.16. The fourth-order valence-corrected chi connectivity index (χ4v) is 3.08. The summed E-state index contributed by atoms with van der Waals surface area (Å²) in [5.41, 5.74) is -0.0114. The van der Waals surface area contributed by atoms with E-state index in [1.165, 1.54) is 24.5 Å². The molecule has 3 rings (SSSR count). The van der Waals surface area contributed by atoms with Crippen molar-refractivity contribution in [3.63, 3.8) is 0 Å². The van der Waals surface area contributed by atoms with Crippen molar-refractivity contribution in [2.24, 2.45) is 0 Å². The third-order valence-corrected chi connectivity index (χ3v) is 4.44. The molecular weight excluding hydrogens is 370 g/mol.